The van der Waals surface area contributed by atoms with Gasteiger partial charge in [-0.1, -0.05) is 42.5 Å². The van der Waals surface area contributed by atoms with Crippen molar-refractivity contribution in [2.75, 3.05) is 14.2 Å². The van der Waals surface area contributed by atoms with E-state index in [1.54, 1.807) is 58.2 Å². The van der Waals surface area contributed by atoms with Crippen LogP contribution >= 0.6 is 0 Å². The van der Waals surface area contributed by atoms with Gasteiger partial charge in [0.2, 0.25) is 0 Å². The van der Waals surface area contributed by atoms with Crippen molar-refractivity contribution in [2.24, 2.45) is 5.92 Å². The van der Waals surface area contributed by atoms with Gasteiger partial charge in [0.25, 0.3) is 15.9 Å². The minimum atomic E-state index is -4.08. The number of sulfonamides is 1. The van der Waals surface area contributed by atoms with Gasteiger partial charge in [-0.2, -0.15) is 0 Å². The maximum atomic E-state index is 13.7. The van der Waals surface area contributed by atoms with Crippen LogP contribution in [0.5, 0.6) is 5.75 Å². The van der Waals surface area contributed by atoms with Crippen LogP contribution in [0.4, 0.5) is 0 Å². The van der Waals surface area contributed by atoms with E-state index in [2.05, 4.69) is 23.3 Å². The summed E-state index contributed by atoms with van der Waals surface area (Å²) in [6.07, 6.45) is 13.5. The Balaban J connectivity index is 1.35. The van der Waals surface area contributed by atoms with Crippen LogP contribution in [0.15, 0.2) is 82.9 Å². The molecule has 5 rings (SSSR count). The van der Waals surface area contributed by atoms with Crippen molar-refractivity contribution in [3.05, 3.63) is 94.7 Å². The molecule has 0 radical (unpaired) electrons. The molecule has 9 heteroatoms. The van der Waals surface area contributed by atoms with Crippen molar-refractivity contribution < 1.29 is 27.5 Å². The van der Waals surface area contributed by atoms with Gasteiger partial charge in [0.05, 0.1) is 24.5 Å². The summed E-state index contributed by atoms with van der Waals surface area (Å²) in [5.74, 6) is -0.191. The van der Waals surface area contributed by atoms with Crippen molar-refractivity contribution in [3.63, 3.8) is 0 Å². The summed E-state index contributed by atoms with van der Waals surface area (Å²) >= 11 is 0. The number of hydrogen-bond donors (Lipinski definition) is 0. The van der Waals surface area contributed by atoms with Gasteiger partial charge in [0, 0.05) is 24.6 Å². The van der Waals surface area contributed by atoms with Crippen LogP contribution in [0.25, 0.3) is 0 Å². The van der Waals surface area contributed by atoms with Gasteiger partial charge in [0.1, 0.15) is 11.9 Å². The van der Waals surface area contributed by atoms with Crippen molar-refractivity contribution in [1.82, 2.24) is 9.21 Å². The number of carbonyl (C=O) groups excluding carboxylic acids is 2. The Morgan fingerprint density at radius 2 is 1.82 bits per heavy atom. The molecule has 0 N–H and O–H groups in total. The lowest BCUT2D eigenvalue weighted by Crippen LogP contribution is -2.42. The van der Waals surface area contributed by atoms with E-state index in [0.717, 1.165) is 46.7 Å². The Morgan fingerprint density at radius 3 is 2.50 bits per heavy atom. The minimum Gasteiger partial charge on any atom is -0.496 e. The molecule has 2 unspecified atom stereocenters. The predicted molar refractivity (Wildman–Crippen MR) is 170 cm³/mol. The molecule has 0 bridgehead atoms. The summed E-state index contributed by atoms with van der Waals surface area (Å²) in [4.78, 5) is 28.6. The fourth-order valence-corrected chi connectivity index (χ4v) is 8.32. The molecule has 1 amide bonds. The number of benzene rings is 2. The molecule has 2 aromatic rings. The maximum absolute atomic E-state index is 13.7. The van der Waals surface area contributed by atoms with Crippen LogP contribution in [0.1, 0.15) is 67.4 Å². The van der Waals surface area contributed by atoms with Gasteiger partial charge in [-0.3, -0.25) is 9.59 Å². The van der Waals surface area contributed by atoms with E-state index in [-0.39, 0.29) is 40.9 Å². The highest BCUT2D eigenvalue weighted by atomic mass is 32.2. The van der Waals surface area contributed by atoms with E-state index < -0.39 is 22.0 Å². The fourth-order valence-electron chi connectivity index (χ4n) is 6.50. The highest BCUT2D eigenvalue weighted by Gasteiger charge is 2.35. The predicted octanol–water partition coefficient (Wildman–Crippen LogP) is 5.97. The zero-order chi connectivity index (χ0) is 31.6. The molecule has 234 valence electrons. The minimum absolute atomic E-state index is 0.0500. The van der Waals surface area contributed by atoms with Crippen LogP contribution in [0.2, 0.25) is 0 Å². The van der Waals surface area contributed by atoms with E-state index >= 15 is 0 Å². The Bertz CT molecular complexity index is 1620. The number of allylic oxidation sites excluding steroid dienone is 1. The number of fused-ring (bicyclic) bond motifs is 1. The number of ether oxygens (including phenoxy) is 2. The first-order chi connectivity index (χ1) is 21.0. The molecule has 2 aromatic carbocycles. The second-order valence-electron chi connectivity index (χ2n) is 12.2. The Labute approximate surface area is 261 Å². The smallest absolute Gasteiger partial charge is 0.310 e. The number of hydrogen-bond acceptors (Lipinski definition) is 7. The lowest BCUT2D eigenvalue weighted by molar-refractivity contribution is -0.147. The zero-order valence-corrected chi connectivity index (χ0v) is 27.0. The lowest BCUT2D eigenvalue weighted by atomic mass is 9.84. The molecule has 1 saturated carbocycles. The number of aryl methyl sites for hydroxylation is 1. The standard InChI is InChI=1S/C35H42N2O6S/c1-23(2)37(44(40,41)33-13-9-6-10-24(33)3)35(39)27-16-15-26(32(21-27)42-5)20-28-22-36(4)31-17-14-25(18-30(28)31)19-34(38)43-29-11-7-8-12-29/h6,9-10,13-18,21-23,29-31H,7-8,11-12,19-20H2,1-5H3. The monoisotopic (exact) mass is 618 g/mol. The van der Waals surface area contributed by atoms with Crippen LogP contribution < -0.4 is 4.74 Å². The molecule has 1 aliphatic heterocycles. The first-order valence-corrected chi connectivity index (χ1v) is 16.8. The van der Waals surface area contributed by atoms with E-state index in [9.17, 15) is 18.0 Å². The second-order valence-corrected chi connectivity index (χ2v) is 14.0. The summed E-state index contributed by atoms with van der Waals surface area (Å²) < 4.78 is 39.6. The van der Waals surface area contributed by atoms with Gasteiger partial charge in [-0.15, -0.1) is 0 Å². The number of esters is 1. The summed E-state index contributed by atoms with van der Waals surface area (Å²) in [7, 11) is -0.498. The quantitative estimate of drug-likeness (QED) is 0.303. The third-order valence-corrected chi connectivity index (χ3v) is 10.8. The molecule has 0 aromatic heterocycles. The van der Waals surface area contributed by atoms with Gasteiger partial charge >= 0.3 is 5.97 Å². The van der Waals surface area contributed by atoms with Gasteiger partial charge in [-0.25, -0.2) is 12.7 Å². The third-order valence-electron chi connectivity index (χ3n) is 8.71. The molecular formula is C35H42N2O6S. The second kappa shape index (κ2) is 13.0. The fraction of sp³-hybridized carbons (Fsp3) is 0.429. The molecule has 2 atom stereocenters. The SMILES string of the molecule is COc1cc(C(=O)N(C(C)C)S(=O)(=O)c2ccccc2C)ccc1CC1=CN(C)C2C=CC(CC(=O)OC3CCCC3)=CC12. The third kappa shape index (κ3) is 6.48. The Kier molecular flexibility index (Phi) is 9.34. The molecule has 1 heterocycles. The number of likely N-dealkylation sites (N-methyl/N-ethyl adjacent to an activating group) is 1. The van der Waals surface area contributed by atoms with E-state index in [1.807, 2.05) is 19.2 Å². The molecule has 3 aliphatic rings. The lowest BCUT2D eigenvalue weighted by Gasteiger charge is -2.27. The molecule has 44 heavy (non-hydrogen) atoms. The van der Waals surface area contributed by atoms with E-state index in [0.29, 0.717) is 17.7 Å². The summed E-state index contributed by atoms with van der Waals surface area (Å²) in [6.45, 7) is 5.09. The number of methoxy groups -OCH3 is 1. The van der Waals surface area contributed by atoms with Crippen molar-refractivity contribution in [2.45, 2.75) is 82.4 Å². The molecular weight excluding hydrogens is 576 g/mol. The van der Waals surface area contributed by atoms with Crippen molar-refractivity contribution in [3.8, 4) is 5.75 Å². The molecule has 0 saturated heterocycles. The normalized spacial score (nSPS) is 19.9. The number of rotatable bonds is 10. The topological polar surface area (TPSA) is 93.2 Å². The van der Waals surface area contributed by atoms with Crippen molar-refractivity contribution in [1.29, 1.82) is 0 Å². The van der Waals surface area contributed by atoms with Crippen LogP contribution in [0, 0.1) is 12.8 Å². The van der Waals surface area contributed by atoms with Gasteiger partial charge in [-0.05, 0) is 99.5 Å². The van der Waals surface area contributed by atoms with E-state index in [4.69, 9.17) is 9.47 Å². The van der Waals surface area contributed by atoms with Gasteiger partial charge < -0.3 is 14.4 Å². The summed E-state index contributed by atoms with van der Waals surface area (Å²) in [6, 6.07) is 11.3. The molecule has 2 aliphatic carbocycles. The molecule has 8 nitrogen and oxygen atoms in total. The van der Waals surface area contributed by atoms with Crippen LogP contribution in [0.3, 0.4) is 0 Å². The number of carbonyl (C=O) groups is 2. The summed E-state index contributed by atoms with van der Waals surface area (Å²) in [5, 5.41) is 0. The molecule has 1 fully saturated rings. The maximum Gasteiger partial charge on any atom is 0.310 e. The highest BCUT2D eigenvalue weighted by Crippen LogP contribution is 2.38. The zero-order valence-electron chi connectivity index (χ0n) is 26.2. The average Bonchev–Trinajstić information content (AvgIpc) is 3.60. The number of amides is 1. The first-order valence-electron chi connectivity index (χ1n) is 15.3. The summed E-state index contributed by atoms with van der Waals surface area (Å²) in [5.41, 5.74) is 3.80. The van der Waals surface area contributed by atoms with Crippen LogP contribution in [-0.2, 0) is 26.0 Å². The van der Waals surface area contributed by atoms with Gasteiger partial charge in [0.15, 0.2) is 0 Å². The highest BCUT2D eigenvalue weighted by molar-refractivity contribution is 7.89. The Hall–Kier alpha value is -3.85. The Morgan fingerprint density at radius 1 is 1.09 bits per heavy atom. The number of nitrogens with zero attached hydrogens (tertiary/aromatic N) is 2. The largest absolute Gasteiger partial charge is 0.496 e. The molecule has 0 spiro atoms. The van der Waals surface area contributed by atoms with Crippen molar-refractivity contribution >= 4 is 21.9 Å². The van der Waals surface area contributed by atoms with E-state index in [1.165, 1.54) is 6.07 Å². The first kappa shape index (κ1) is 31.6. The average molecular weight is 619 g/mol. The van der Waals surface area contributed by atoms with Crippen LogP contribution in [-0.4, -0.2) is 61.8 Å².